The van der Waals surface area contributed by atoms with Gasteiger partial charge in [0, 0.05) is 61.7 Å². The monoisotopic (exact) mass is 557 g/mol. The first-order chi connectivity index (χ1) is 19.3. The van der Waals surface area contributed by atoms with Gasteiger partial charge in [0.05, 0.1) is 17.1 Å². The number of aromatic nitrogens is 3. The van der Waals surface area contributed by atoms with Gasteiger partial charge in [0.1, 0.15) is 0 Å². The third kappa shape index (κ3) is 6.50. The number of carbonyl (C=O) groups is 1. The molecule has 1 aliphatic heterocycles. The van der Waals surface area contributed by atoms with E-state index >= 15 is 0 Å². The van der Waals surface area contributed by atoms with E-state index in [1.54, 1.807) is 42.9 Å². The van der Waals surface area contributed by atoms with Crippen molar-refractivity contribution >= 4 is 33.3 Å². The molecule has 1 aliphatic rings. The van der Waals surface area contributed by atoms with E-state index in [-0.39, 0.29) is 12.5 Å². The minimum Gasteiger partial charge on any atom is -0.325 e. The van der Waals surface area contributed by atoms with Crippen LogP contribution < -0.4 is 10.6 Å². The Balaban J connectivity index is 1.17. The van der Waals surface area contributed by atoms with Gasteiger partial charge in [-0.1, -0.05) is 23.8 Å². The number of anilines is 3. The minimum absolute atomic E-state index is 0.167. The smallest absolute Gasteiger partial charge is 0.243 e. The summed E-state index contributed by atoms with van der Waals surface area (Å²) in [6.45, 7) is 5.67. The maximum Gasteiger partial charge on any atom is 0.243 e. The highest BCUT2D eigenvalue weighted by Gasteiger charge is 2.29. The van der Waals surface area contributed by atoms with Crippen molar-refractivity contribution in [2.24, 2.45) is 0 Å². The van der Waals surface area contributed by atoms with Crippen molar-refractivity contribution in [2.45, 2.75) is 18.7 Å². The number of aryl methyl sites for hydroxylation is 2. The molecule has 0 bridgehead atoms. The number of carbonyl (C=O) groups excluding carboxylic acids is 1. The van der Waals surface area contributed by atoms with Crippen molar-refractivity contribution in [1.29, 1.82) is 0 Å². The van der Waals surface area contributed by atoms with E-state index in [4.69, 9.17) is 0 Å². The molecule has 4 aromatic rings. The van der Waals surface area contributed by atoms with Crippen LogP contribution in [0, 0.1) is 13.8 Å². The van der Waals surface area contributed by atoms with Crippen molar-refractivity contribution in [3.63, 3.8) is 0 Å². The highest BCUT2D eigenvalue weighted by molar-refractivity contribution is 7.89. The summed E-state index contributed by atoms with van der Waals surface area (Å²) >= 11 is 0. The fourth-order valence-electron chi connectivity index (χ4n) is 4.44. The van der Waals surface area contributed by atoms with Gasteiger partial charge in [-0.2, -0.15) is 4.31 Å². The third-order valence-corrected chi connectivity index (χ3v) is 8.65. The van der Waals surface area contributed by atoms with Crippen molar-refractivity contribution in [2.75, 3.05) is 43.4 Å². The Bertz CT molecular complexity index is 1590. The van der Waals surface area contributed by atoms with E-state index in [1.165, 1.54) is 4.31 Å². The molecule has 0 saturated carbocycles. The molecule has 1 amide bonds. The van der Waals surface area contributed by atoms with Gasteiger partial charge in [0.2, 0.25) is 21.9 Å². The maximum atomic E-state index is 13.0. The van der Waals surface area contributed by atoms with Crippen LogP contribution in [0.4, 0.5) is 17.3 Å². The van der Waals surface area contributed by atoms with Crippen LogP contribution in [-0.4, -0.2) is 71.2 Å². The Kier molecular flexibility index (Phi) is 8.15. The van der Waals surface area contributed by atoms with E-state index in [0.717, 1.165) is 28.1 Å². The lowest BCUT2D eigenvalue weighted by atomic mass is 10.1. The first kappa shape index (κ1) is 27.4. The molecule has 206 valence electrons. The number of amides is 1. The second-order valence-corrected chi connectivity index (χ2v) is 11.6. The highest BCUT2D eigenvalue weighted by Crippen LogP contribution is 2.24. The number of hydrogen-bond acceptors (Lipinski definition) is 8. The van der Waals surface area contributed by atoms with Crippen LogP contribution in [0.25, 0.3) is 11.3 Å². The SMILES string of the molecule is Cc1ccc(S(=O)(=O)N2CCN(CC(=O)Nc3ccc(C)c(Nc4nccc(-c5cccnc5)n4)c3)CC2)cc1. The normalized spacial score (nSPS) is 14.6. The number of piperazine rings is 1. The topological polar surface area (TPSA) is 120 Å². The van der Waals surface area contributed by atoms with Gasteiger partial charge >= 0.3 is 0 Å². The van der Waals surface area contributed by atoms with Gasteiger partial charge in [0.25, 0.3) is 0 Å². The zero-order valence-electron chi connectivity index (χ0n) is 22.4. The summed E-state index contributed by atoms with van der Waals surface area (Å²) in [5.41, 5.74) is 5.03. The number of benzene rings is 2. The zero-order chi connectivity index (χ0) is 28.1. The standard InChI is InChI=1S/C29H31N7O3S/c1-21-5-9-25(10-6-21)40(38,39)36-16-14-35(15-17-36)20-28(37)32-24-8-7-22(2)27(18-24)34-29-31-13-11-26(33-29)23-4-3-12-30-19-23/h3-13,18-19H,14-17,20H2,1-2H3,(H,32,37)(H,31,33,34). The van der Waals surface area contributed by atoms with E-state index < -0.39 is 10.0 Å². The van der Waals surface area contributed by atoms with Crippen molar-refractivity contribution < 1.29 is 13.2 Å². The Labute approximate surface area is 234 Å². The lowest BCUT2D eigenvalue weighted by molar-refractivity contribution is -0.117. The van der Waals surface area contributed by atoms with Crippen LogP contribution >= 0.6 is 0 Å². The molecule has 0 radical (unpaired) electrons. The lowest BCUT2D eigenvalue weighted by Gasteiger charge is -2.33. The molecule has 0 spiro atoms. The number of hydrogen-bond donors (Lipinski definition) is 2. The Morgan fingerprint density at radius 3 is 2.45 bits per heavy atom. The van der Waals surface area contributed by atoms with E-state index in [9.17, 15) is 13.2 Å². The lowest BCUT2D eigenvalue weighted by Crippen LogP contribution is -2.50. The van der Waals surface area contributed by atoms with Gasteiger partial charge in [-0.15, -0.1) is 0 Å². The predicted octanol–water partition coefficient (Wildman–Crippen LogP) is 3.84. The van der Waals surface area contributed by atoms with Gasteiger partial charge in [0.15, 0.2) is 0 Å². The molecular formula is C29H31N7O3S. The first-order valence-electron chi connectivity index (χ1n) is 13.0. The largest absolute Gasteiger partial charge is 0.325 e. The summed E-state index contributed by atoms with van der Waals surface area (Å²) in [5.74, 6) is 0.269. The number of nitrogens with one attached hydrogen (secondary N) is 2. The van der Waals surface area contributed by atoms with Gasteiger partial charge in [-0.25, -0.2) is 18.4 Å². The molecule has 10 nitrogen and oxygen atoms in total. The van der Waals surface area contributed by atoms with Gasteiger partial charge in [-0.05, 0) is 61.9 Å². The fourth-order valence-corrected chi connectivity index (χ4v) is 5.86. The number of sulfonamides is 1. The number of nitrogens with zero attached hydrogens (tertiary/aromatic N) is 5. The Morgan fingerprint density at radius 2 is 1.73 bits per heavy atom. The Morgan fingerprint density at radius 1 is 0.950 bits per heavy atom. The van der Waals surface area contributed by atoms with Crippen LogP contribution in [0.5, 0.6) is 0 Å². The second-order valence-electron chi connectivity index (χ2n) is 9.70. The van der Waals surface area contributed by atoms with Crippen LogP contribution in [0.15, 0.2) is 84.1 Å². The summed E-state index contributed by atoms with van der Waals surface area (Å²) in [4.78, 5) is 28.2. The molecule has 3 heterocycles. The summed E-state index contributed by atoms with van der Waals surface area (Å²) in [5, 5.41) is 6.20. The highest BCUT2D eigenvalue weighted by atomic mass is 32.2. The molecule has 2 aromatic heterocycles. The fraction of sp³-hybridized carbons (Fsp3) is 0.241. The second kappa shape index (κ2) is 11.9. The molecule has 5 rings (SSSR count). The third-order valence-electron chi connectivity index (χ3n) is 6.74. The summed E-state index contributed by atoms with van der Waals surface area (Å²) in [6, 6.07) is 18.1. The zero-order valence-corrected chi connectivity index (χ0v) is 23.2. The van der Waals surface area contributed by atoms with E-state index in [1.807, 2.05) is 55.1 Å². The van der Waals surface area contributed by atoms with E-state index in [2.05, 4.69) is 25.6 Å². The predicted molar refractivity (Wildman–Crippen MR) is 155 cm³/mol. The van der Waals surface area contributed by atoms with Gasteiger partial charge < -0.3 is 10.6 Å². The van der Waals surface area contributed by atoms with Gasteiger partial charge in [-0.3, -0.25) is 14.7 Å². The molecule has 11 heteroatoms. The molecule has 1 fully saturated rings. The number of rotatable bonds is 8. The van der Waals surface area contributed by atoms with Crippen LogP contribution in [-0.2, 0) is 14.8 Å². The first-order valence-corrected chi connectivity index (χ1v) is 14.4. The summed E-state index contributed by atoms with van der Waals surface area (Å²) in [6.07, 6.45) is 5.14. The van der Waals surface area contributed by atoms with Crippen molar-refractivity contribution in [1.82, 2.24) is 24.2 Å². The maximum absolute atomic E-state index is 13.0. The average Bonchev–Trinajstić information content (AvgIpc) is 2.96. The number of pyridine rings is 1. The Hall–Kier alpha value is -4.19. The molecule has 0 atom stereocenters. The molecule has 0 aliphatic carbocycles. The average molecular weight is 558 g/mol. The summed E-state index contributed by atoms with van der Waals surface area (Å²) < 4.78 is 27.4. The molecule has 2 aromatic carbocycles. The van der Waals surface area contributed by atoms with Crippen LogP contribution in [0.3, 0.4) is 0 Å². The van der Waals surface area contributed by atoms with Crippen LogP contribution in [0.1, 0.15) is 11.1 Å². The van der Waals surface area contributed by atoms with Crippen molar-refractivity contribution in [3.05, 3.63) is 90.4 Å². The molecular weight excluding hydrogens is 526 g/mol. The molecule has 2 N–H and O–H groups in total. The van der Waals surface area contributed by atoms with Crippen molar-refractivity contribution in [3.8, 4) is 11.3 Å². The van der Waals surface area contributed by atoms with Crippen LogP contribution in [0.2, 0.25) is 0 Å². The summed E-state index contributed by atoms with van der Waals surface area (Å²) in [7, 11) is -3.55. The molecule has 1 saturated heterocycles. The van der Waals surface area contributed by atoms with E-state index in [0.29, 0.717) is 42.7 Å². The molecule has 0 unspecified atom stereocenters. The quantitative estimate of drug-likeness (QED) is 0.335. The molecule has 40 heavy (non-hydrogen) atoms. The minimum atomic E-state index is -3.55.